The first-order valence-corrected chi connectivity index (χ1v) is 8.27. The van der Waals surface area contributed by atoms with Crippen molar-refractivity contribution in [2.45, 2.75) is 32.7 Å². The van der Waals surface area contributed by atoms with Gasteiger partial charge in [-0.15, -0.1) is 0 Å². The molecule has 1 aromatic carbocycles. The van der Waals surface area contributed by atoms with Gasteiger partial charge in [-0.25, -0.2) is 0 Å². The largest absolute Gasteiger partial charge is 0.301 e. The third kappa shape index (κ3) is 4.53. The Balaban J connectivity index is 1.80. The maximum atomic E-state index is 12.2. The molecule has 3 nitrogen and oxygen atoms in total. The highest BCUT2D eigenvalue weighted by Crippen LogP contribution is 2.17. The summed E-state index contributed by atoms with van der Waals surface area (Å²) in [5.41, 5.74) is 0.724. The van der Waals surface area contributed by atoms with Gasteiger partial charge in [0, 0.05) is 36.1 Å². The normalized spacial score (nSPS) is 19.3. The number of carbonyl (C=O) groups excluding carboxylic acids is 1. The third-order valence-corrected chi connectivity index (χ3v) is 4.61. The van der Waals surface area contributed by atoms with Gasteiger partial charge >= 0.3 is 0 Å². The SMILES string of the molecule is CCN(CC)C1CCN(CCC(=O)c2cccc(Cl)c2)C1. The van der Waals surface area contributed by atoms with Gasteiger partial charge in [0.1, 0.15) is 0 Å². The first-order chi connectivity index (χ1) is 10.1. The van der Waals surface area contributed by atoms with E-state index in [0.717, 1.165) is 38.3 Å². The maximum Gasteiger partial charge on any atom is 0.164 e. The Hall–Kier alpha value is -0.900. The maximum absolute atomic E-state index is 12.2. The topological polar surface area (TPSA) is 23.6 Å². The highest BCUT2D eigenvalue weighted by molar-refractivity contribution is 6.31. The summed E-state index contributed by atoms with van der Waals surface area (Å²) in [5, 5.41) is 0.628. The fourth-order valence-corrected chi connectivity index (χ4v) is 3.31. The monoisotopic (exact) mass is 308 g/mol. The molecule has 0 aromatic heterocycles. The van der Waals surface area contributed by atoms with Crippen LogP contribution in [0.4, 0.5) is 0 Å². The van der Waals surface area contributed by atoms with Crippen LogP contribution in [0.3, 0.4) is 0 Å². The van der Waals surface area contributed by atoms with E-state index in [1.54, 1.807) is 12.1 Å². The molecule has 0 amide bonds. The summed E-state index contributed by atoms with van der Waals surface area (Å²) in [7, 11) is 0. The third-order valence-electron chi connectivity index (χ3n) is 4.38. The summed E-state index contributed by atoms with van der Waals surface area (Å²) in [6.45, 7) is 9.69. The predicted octanol–water partition coefficient (Wildman–Crippen LogP) is 3.33. The number of carbonyl (C=O) groups is 1. The van der Waals surface area contributed by atoms with E-state index >= 15 is 0 Å². The molecule has 1 atom stereocenters. The summed E-state index contributed by atoms with van der Waals surface area (Å²) >= 11 is 5.93. The van der Waals surface area contributed by atoms with Crippen LogP contribution >= 0.6 is 11.6 Å². The Labute approximate surface area is 132 Å². The van der Waals surface area contributed by atoms with Gasteiger partial charge < -0.3 is 4.90 Å². The van der Waals surface area contributed by atoms with Gasteiger partial charge in [0.2, 0.25) is 0 Å². The zero-order valence-corrected chi connectivity index (χ0v) is 13.8. The zero-order valence-electron chi connectivity index (χ0n) is 13.0. The number of likely N-dealkylation sites (N-methyl/N-ethyl adjacent to an activating group) is 1. The van der Waals surface area contributed by atoms with Crippen LogP contribution in [0.5, 0.6) is 0 Å². The molecular formula is C17H25ClN2O. The number of rotatable bonds is 7. The van der Waals surface area contributed by atoms with Crippen LogP contribution < -0.4 is 0 Å². The molecule has 1 aliphatic heterocycles. The lowest BCUT2D eigenvalue weighted by molar-refractivity contribution is 0.0966. The molecule has 0 spiro atoms. The molecule has 1 fully saturated rings. The summed E-state index contributed by atoms with van der Waals surface area (Å²) in [6, 6.07) is 7.89. The number of hydrogen-bond donors (Lipinski definition) is 0. The molecular weight excluding hydrogens is 284 g/mol. The fraction of sp³-hybridized carbons (Fsp3) is 0.588. The lowest BCUT2D eigenvalue weighted by Gasteiger charge is -2.26. The van der Waals surface area contributed by atoms with Crippen molar-refractivity contribution in [1.29, 1.82) is 0 Å². The van der Waals surface area contributed by atoms with Crippen LogP contribution in [0.1, 0.15) is 37.0 Å². The molecule has 2 rings (SSSR count). The Kier molecular flexibility index (Phi) is 6.22. The smallest absolute Gasteiger partial charge is 0.164 e. The van der Waals surface area contributed by atoms with Gasteiger partial charge in [-0.3, -0.25) is 9.69 Å². The zero-order chi connectivity index (χ0) is 15.2. The van der Waals surface area contributed by atoms with Crippen molar-refractivity contribution < 1.29 is 4.79 Å². The van der Waals surface area contributed by atoms with Crippen LogP contribution in [0.25, 0.3) is 0 Å². The van der Waals surface area contributed by atoms with Crippen LogP contribution in [0.2, 0.25) is 5.02 Å². The molecule has 0 N–H and O–H groups in total. The highest BCUT2D eigenvalue weighted by atomic mass is 35.5. The lowest BCUT2D eigenvalue weighted by atomic mass is 10.1. The number of ketones is 1. The molecule has 1 aliphatic rings. The van der Waals surface area contributed by atoms with Gasteiger partial charge in [0.25, 0.3) is 0 Å². The molecule has 1 unspecified atom stereocenters. The first kappa shape index (κ1) is 16.5. The average Bonchev–Trinajstić information content (AvgIpc) is 2.95. The van der Waals surface area contributed by atoms with E-state index in [0.29, 0.717) is 17.5 Å². The number of hydrogen-bond acceptors (Lipinski definition) is 3. The van der Waals surface area contributed by atoms with E-state index in [4.69, 9.17) is 11.6 Å². The quantitative estimate of drug-likeness (QED) is 0.722. The number of benzene rings is 1. The molecule has 0 saturated carbocycles. The second-order valence-corrected chi connectivity index (χ2v) is 6.08. The van der Waals surface area contributed by atoms with Crippen molar-refractivity contribution in [3.8, 4) is 0 Å². The minimum absolute atomic E-state index is 0.184. The van der Waals surface area contributed by atoms with Gasteiger partial charge in [-0.1, -0.05) is 37.6 Å². The lowest BCUT2D eigenvalue weighted by Crippen LogP contribution is -2.37. The molecule has 0 aliphatic carbocycles. The van der Waals surface area contributed by atoms with E-state index in [1.807, 2.05) is 12.1 Å². The van der Waals surface area contributed by atoms with Crippen molar-refractivity contribution in [2.24, 2.45) is 0 Å². The van der Waals surface area contributed by atoms with Gasteiger partial charge in [0.05, 0.1) is 0 Å². The molecule has 4 heteroatoms. The Morgan fingerprint density at radius 2 is 2.14 bits per heavy atom. The molecule has 116 valence electrons. The van der Waals surface area contributed by atoms with Gasteiger partial charge in [0.15, 0.2) is 5.78 Å². The number of nitrogens with zero attached hydrogens (tertiary/aromatic N) is 2. The summed E-state index contributed by atoms with van der Waals surface area (Å²) < 4.78 is 0. The Morgan fingerprint density at radius 1 is 1.38 bits per heavy atom. The molecule has 1 heterocycles. The minimum Gasteiger partial charge on any atom is -0.301 e. The molecule has 0 radical (unpaired) electrons. The van der Waals surface area contributed by atoms with Crippen LogP contribution in [0.15, 0.2) is 24.3 Å². The second-order valence-electron chi connectivity index (χ2n) is 5.65. The van der Waals surface area contributed by atoms with Crippen molar-refractivity contribution in [1.82, 2.24) is 9.80 Å². The molecule has 0 bridgehead atoms. The van der Waals surface area contributed by atoms with Gasteiger partial charge in [-0.05, 0) is 38.2 Å². The van der Waals surface area contributed by atoms with Crippen molar-refractivity contribution >= 4 is 17.4 Å². The molecule has 1 saturated heterocycles. The van der Waals surface area contributed by atoms with Crippen molar-refractivity contribution in [3.63, 3.8) is 0 Å². The van der Waals surface area contributed by atoms with E-state index in [-0.39, 0.29) is 5.78 Å². The summed E-state index contributed by atoms with van der Waals surface area (Å²) in [6.07, 6.45) is 1.79. The van der Waals surface area contributed by atoms with E-state index < -0.39 is 0 Å². The minimum atomic E-state index is 0.184. The molecule has 21 heavy (non-hydrogen) atoms. The van der Waals surface area contributed by atoms with Crippen LogP contribution in [-0.2, 0) is 0 Å². The van der Waals surface area contributed by atoms with Crippen LogP contribution in [0, 0.1) is 0 Å². The van der Waals surface area contributed by atoms with Crippen molar-refractivity contribution in [3.05, 3.63) is 34.9 Å². The Morgan fingerprint density at radius 3 is 2.81 bits per heavy atom. The first-order valence-electron chi connectivity index (χ1n) is 7.89. The van der Waals surface area contributed by atoms with Crippen LogP contribution in [-0.4, -0.2) is 54.3 Å². The fourth-order valence-electron chi connectivity index (χ4n) is 3.12. The predicted molar refractivity (Wildman–Crippen MR) is 88.2 cm³/mol. The van der Waals surface area contributed by atoms with Gasteiger partial charge in [-0.2, -0.15) is 0 Å². The van der Waals surface area contributed by atoms with Crippen molar-refractivity contribution in [2.75, 3.05) is 32.7 Å². The summed E-state index contributed by atoms with van der Waals surface area (Å²) in [4.78, 5) is 17.1. The van der Waals surface area contributed by atoms with E-state index in [2.05, 4.69) is 23.6 Å². The Bertz CT molecular complexity index is 474. The molecule has 1 aromatic rings. The second kappa shape index (κ2) is 7.92. The number of likely N-dealkylation sites (tertiary alicyclic amines) is 1. The summed E-state index contributed by atoms with van der Waals surface area (Å²) in [5.74, 6) is 0.184. The number of halogens is 1. The number of Topliss-reactive ketones (excluding diaryl/α,β-unsaturated/α-hetero) is 1. The average molecular weight is 309 g/mol. The van der Waals surface area contributed by atoms with E-state index in [9.17, 15) is 4.79 Å². The van der Waals surface area contributed by atoms with E-state index in [1.165, 1.54) is 6.42 Å². The highest BCUT2D eigenvalue weighted by Gasteiger charge is 2.26. The standard InChI is InChI=1S/C17H25ClN2O/c1-3-20(4-2)16-8-10-19(13-16)11-9-17(21)14-6-5-7-15(18)12-14/h5-7,12,16H,3-4,8-11,13H2,1-2H3.